The summed E-state index contributed by atoms with van der Waals surface area (Å²) in [7, 11) is 0. The molecule has 3 rings (SSSR count). The fourth-order valence-electron chi connectivity index (χ4n) is 3.49. The maximum Gasteiger partial charge on any atom is 0.369 e. The molecule has 0 radical (unpaired) electrons. The number of nitrogens with one attached hydrogen (secondary N) is 2. The molecule has 24 heavy (non-hydrogen) atoms. The van der Waals surface area contributed by atoms with Crippen LogP contribution < -0.4 is 10.6 Å². The molecule has 0 unspecified atom stereocenters. The maximum atomic E-state index is 11.3. The van der Waals surface area contributed by atoms with Gasteiger partial charge in [0.15, 0.2) is 5.13 Å². The van der Waals surface area contributed by atoms with Crippen LogP contribution in [-0.2, 0) is 0 Å². The van der Waals surface area contributed by atoms with E-state index < -0.39 is 17.1 Å². The van der Waals surface area contributed by atoms with Crippen molar-refractivity contribution in [3.63, 3.8) is 0 Å². The van der Waals surface area contributed by atoms with E-state index in [0.29, 0.717) is 11.6 Å². The quantitative estimate of drug-likeness (QED) is 0.472. The van der Waals surface area contributed by atoms with Gasteiger partial charge in [-0.1, -0.05) is 25.7 Å². The van der Waals surface area contributed by atoms with Gasteiger partial charge in [-0.05, 0) is 37.0 Å². The molecule has 2 saturated carbocycles. The molecular weight excluding hydrogens is 332 g/mol. The highest BCUT2D eigenvalue weighted by atomic mass is 32.1. The standard InChI is InChI=1S/C15H24N4O4S/c20-11-7-3-1-5-9(11)16-13-14(19(22)23)24-15(18-13)17-10-6-2-4-8-12(10)21/h9-12,16,20-21H,1-8H2,(H,17,18)/t9-,10-,11-,12-/m0/s1. The zero-order chi connectivity index (χ0) is 17.1. The van der Waals surface area contributed by atoms with Crippen molar-refractivity contribution in [1.29, 1.82) is 0 Å². The van der Waals surface area contributed by atoms with Crippen molar-refractivity contribution < 1.29 is 15.1 Å². The Balaban J connectivity index is 1.73. The number of rotatable bonds is 5. The number of hydrogen-bond donors (Lipinski definition) is 4. The summed E-state index contributed by atoms with van der Waals surface area (Å²) in [6.45, 7) is 0. The second-order valence-corrected chi connectivity index (χ2v) is 7.61. The summed E-state index contributed by atoms with van der Waals surface area (Å²) in [5, 5.41) is 38.0. The minimum atomic E-state index is -0.503. The van der Waals surface area contributed by atoms with Crippen LogP contribution in [0.5, 0.6) is 0 Å². The Hall–Kier alpha value is -1.45. The van der Waals surface area contributed by atoms with Crippen molar-refractivity contribution in [2.75, 3.05) is 10.6 Å². The van der Waals surface area contributed by atoms with Crippen LogP contribution in [0.15, 0.2) is 0 Å². The first-order valence-corrected chi connectivity index (χ1v) is 9.40. The van der Waals surface area contributed by atoms with Gasteiger partial charge >= 0.3 is 5.00 Å². The van der Waals surface area contributed by atoms with E-state index >= 15 is 0 Å². The number of aliphatic hydroxyl groups is 2. The third-order valence-corrected chi connectivity index (χ3v) is 5.80. The third-order valence-electron chi connectivity index (χ3n) is 4.87. The molecule has 1 aromatic heterocycles. The molecule has 0 spiro atoms. The van der Waals surface area contributed by atoms with Gasteiger partial charge < -0.3 is 20.8 Å². The van der Waals surface area contributed by atoms with E-state index in [0.717, 1.165) is 56.3 Å². The molecule has 0 amide bonds. The summed E-state index contributed by atoms with van der Waals surface area (Å²) in [4.78, 5) is 15.2. The van der Waals surface area contributed by atoms with E-state index in [-0.39, 0.29) is 22.9 Å². The van der Waals surface area contributed by atoms with Gasteiger partial charge in [-0.15, -0.1) is 0 Å². The third kappa shape index (κ3) is 3.96. The number of thiazole rings is 1. The molecule has 2 fully saturated rings. The number of aromatic nitrogens is 1. The zero-order valence-corrected chi connectivity index (χ0v) is 14.3. The summed E-state index contributed by atoms with van der Waals surface area (Å²) in [6, 6.07) is -0.315. The van der Waals surface area contributed by atoms with Crippen LogP contribution in [0.4, 0.5) is 16.0 Å². The topological polar surface area (TPSA) is 121 Å². The Bertz CT molecular complexity index is 582. The van der Waals surface area contributed by atoms with Crippen LogP contribution in [0.2, 0.25) is 0 Å². The molecule has 0 aliphatic heterocycles. The lowest BCUT2D eigenvalue weighted by molar-refractivity contribution is -0.379. The molecule has 0 bridgehead atoms. The Morgan fingerprint density at radius 3 is 2.08 bits per heavy atom. The molecule has 4 atom stereocenters. The van der Waals surface area contributed by atoms with Gasteiger partial charge in [0, 0.05) is 0 Å². The van der Waals surface area contributed by atoms with Crippen LogP contribution in [0, 0.1) is 10.1 Å². The number of nitro groups is 1. The highest BCUT2D eigenvalue weighted by Gasteiger charge is 2.30. The number of nitrogens with zero attached hydrogens (tertiary/aromatic N) is 2. The van der Waals surface area contributed by atoms with Crippen LogP contribution in [0.25, 0.3) is 0 Å². The lowest BCUT2D eigenvalue weighted by atomic mass is 9.92. The van der Waals surface area contributed by atoms with Crippen molar-refractivity contribution in [2.45, 2.75) is 75.7 Å². The summed E-state index contributed by atoms with van der Waals surface area (Å²) in [6.07, 6.45) is 6.11. The molecule has 1 heterocycles. The first-order valence-electron chi connectivity index (χ1n) is 8.59. The van der Waals surface area contributed by atoms with Crippen molar-refractivity contribution in [1.82, 2.24) is 4.98 Å². The molecule has 2 aliphatic rings. The smallest absolute Gasteiger partial charge is 0.369 e. The monoisotopic (exact) mass is 356 g/mol. The van der Waals surface area contributed by atoms with Gasteiger partial charge in [0.2, 0.25) is 5.82 Å². The van der Waals surface area contributed by atoms with E-state index in [1.54, 1.807) is 0 Å². The molecule has 0 aromatic carbocycles. The van der Waals surface area contributed by atoms with E-state index in [2.05, 4.69) is 15.6 Å². The van der Waals surface area contributed by atoms with Crippen LogP contribution >= 0.6 is 11.3 Å². The van der Waals surface area contributed by atoms with Crippen molar-refractivity contribution in [3.05, 3.63) is 10.1 Å². The zero-order valence-electron chi connectivity index (χ0n) is 13.5. The minimum absolute atomic E-state index is 0.0550. The SMILES string of the molecule is O=[N+]([O-])c1sc(N[C@H]2CCCC[C@@H]2O)nc1N[C@H]1CCCC[C@@H]1O. The van der Waals surface area contributed by atoms with E-state index in [1.165, 1.54) is 0 Å². The predicted octanol–water partition coefficient (Wildman–Crippen LogP) is 2.48. The maximum absolute atomic E-state index is 11.3. The molecule has 0 saturated heterocycles. The number of aliphatic hydroxyl groups excluding tert-OH is 2. The fourth-order valence-corrected chi connectivity index (χ4v) is 4.29. The van der Waals surface area contributed by atoms with Gasteiger partial charge in [-0.2, -0.15) is 4.98 Å². The normalized spacial score (nSPS) is 30.8. The molecule has 1 aromatic rings. The largest absolute Gasteiger partial charge is 0.391 e. The van der Waals surface area contributed by atoms with Gasteiger partial charge in [-0.25, -0.2) is 0 Å². The molecule has 4 N–H and O–H groups in total. The molecule has 8 nitrogen and oxygen atoms in total. The van der Waals surface area contributed by atoms with Gasteiger partial charge in [-0.3, -0.25) is 10.1 Å². The highest BCUT2D eigenvalue weighted by Crippen LogP contribution is 2.37. The first kappa shape index (κ1) is 17.4. The number of anilines is 2. The lowest BCUT2D eigenvalue weighted by Crippen LogP contribution is -2.37. The molecular formula is C15H24N4O4S. The van der Waals surface area contributed by atoms with Crippen LogP contribution in [-0.4, -0.2) is 44.4 Å². The molecule has 134 valence electrons. The Morgan fingerprint density at radius 1 is 1.00 bits per heavy atom. The summed E-state index contributed by atoms with van der Waals surface area (Å²) < 4.78 is 0. The summed E-state index contributed by atoms with van der Waals surface area (Å²) >= 11 is 0.977. The van der Waals surface area contributed by atoms with Gasteiger partial charge in [0.25, 0.3) is 0 Å². The fraction of sp³-hybridized carbons (Fsp3) is 0.800. The highest BCUT2D eigenvalue weighted by molar-refractivity contribution is 7.19. The Labute approximate surface area is 144 Å². The van der Waals surface area contributed by atoms with E-state index in [4.69, 9.17) is 0 Å². The van der Waals surface area contributed by atoms with E-state index in [9.17, 15) is 20.3 Å². The van der Waals surface area contributed by atoms with Crippen molar-refractivity contribution in [2.24, 2.45) is 0 Å². The lowest BCUT2D eigenvalue weighted by Gasteiger charge is -2.28. The van der Waals surface area contributed by atoms with Gasteiger partial charge in [0.05, 0.1) is 29.2 Å². The van der Waals surface area contributed by atoms with Crippen LogP contribution in [0.1, 0.15) is 51.4 Å². The Kier molecular flexibility index (Phi) is 5.52. The molecule has 2 aliphatic carbocycles. The van der Waals surface area contributed by atoms with Crippen LogP contribution in [0.3, 0.4) is 0 Å². The average molecular weight is 356 g/mol. The summed E-state index contributed by atoms with van der Waals surface area (Å²) in [5.41, 5.74) is 0. The second kappa shape index (κ2) is 7.62. The van der Waals surface area contributed by atoms with E-state index in [1.807, 2.05) is 0 Å². The van der Waals surface area contributed by atoms with Crippen molar-refractivity contribution in [3.8, 4) is 0 Å². The van der Waals surface area contributed by atoms with Gasteiger partial charge in [0.1, 0.15) is 0 Å². The summed E-state index contributed by atoms with van der Waals surface area (Å²) in [5.74, 6) is 0.212. The van der Waals surface area contributed by atoms with Crippen molar-refractivity contribution >= 4 is 27.3 Å². The average Bonchev–Trinajstić information content (AvgIpc) is 2.95. The Morgan fingerprint density at radius 2 is 1.54 bits per heavy atom. The second-order valence-electron chi connectivity index (χ2n) is 6.64. The number of hydrogen-bond acceptors (Lipinski definition) is 8. The first-order chi connectivity index (χ1) is 11.5. The predicted molar refractivity (Wildman–Crippen MR) is 92.5 cm³/mol. The molecule has 9 heteroatoms. The minimum Gasteiger partial charge on any atom is -0.391 e.